The van der Waals surface area contributed by atoms with Crippen LogP contribution in [0.1, 0.15) is 23.1 Å². The van der Waals surface area contributed by atoms with E-state index in [0.29, 0.717) is 0 Å². The van der Waals surface area contributed by atoms with Crippen molar-refractivity contribution in [2.24, 2.45) is 0 Å². The molecule has 1 unspecified atom stereocenters. The van der Waals surface area contributed by atoms with Gasteiger partial charge < -0.3 is 9.80 Å². The van der Waals surface area contributed by atoms with Crippen LogP contribution in [0.25, 0.3) is 0 Å². The number of aryl methyl sites for hydroxylation is 2. The minimum Gasteiger partial charge on any atom is -0.354 e. The first-order valence-corrected chi connectivity index (χ1v) is 9.86. The zero-order valence-corrected chi connectivity index (χ0v) is 16.3. The Kier molecular flexibility index (Phi) is 5.12. The molecule has 1 atom stereocenters. The van der Waals surface area contributed by atoms with Crippen molar-refractivity contribution < 1.29 is 4.79 Å². The fourth-order valence-corrected chi connectivity index (χ4v) is 4.04. The molecule has 5 nitrogen and oxygen atoms in total. The lowest BCUT2D eigenvalue weighted by atomic mass is 10.1. The summed E-state index contributed by atoms with van der Waals surface area (Å²) in [6, 6.07) is 12.7. The third-order valence-corrected chi connectivity index (χ3v) is 5.74. The molecule has 0 aliphatic carbocycles. The zero-order chi connectivity index (χ0) is 18.8. The largest absolute Gasteiger partial charge is 0.354 e. The van der Waals surface area contributed by atoms with Crippen LogP contribution in [0.3, 0.4) is 0 Å². The second-order valence-electron chi connectivity index (χ2n) is 7.77. The Morgan fingerprint density at radius 3 is 2.30 bits per heavy atom. The Morgan fingerprint density at radius 2 is 1.63 bits per heavy atom. The predicted molar refractivity (Wildman–Crippen MR) is 108 cm³/mol. The molecule has 2 saturated heterocycles. The summed E-state index contributed by atoms with van der Waals surface area (Å²) >= 11 is 0. The highest BCUT2D eigenvalue weighted by molar-refractivity contribution is 5.84. The number of pyridine rings is 1. The molecule has 3 heterocycles. The second-order valence-corrected chi connectivity index (χ2v) is 7.77. The number of anilines is 1. The molecule has 0 spiro atoms. The van der Waals surface area contributed by atoms with E-state index >= 15 is 0 Å². The predicted octanol–water partition coefficient (Wildman–Crippen LogP) is 2.62. The van der Waals surface area contributed by atoms with Gasteiger partial charge in [0.05, 0.1) is 6.04 Å². The maximum Gasteiger partial charge on any atom is 0.240 e. The first-order valence-electron chi connectivity index (χ1n) is 9.86. The molecule has 0 radical (unpaired) electrons. The summed E-state index contributed by atoms with van der Waals surface area (Å²) in [5, 5.41) is 0. The number of benzene rings is 1. The fraction of sp³-hybridized carbons (Fsp3) is 0.455. The van der Waals surface area contributed by atoms with Gasteiger partial charge in [-0.1, -0.05) is 35.9 Å². The van der Waals surface area contributed by atoms with E-state index in [1.807, 2.05) is 11.1 Å². The Hall–Kier alpha value is -2.40. The molecule has 1 aromatic carbocycles. The highest BCUT2D eigenvalue weighted by atomic mass is 16.2. The lowest BCUT2D eigenvalue weighted by Gasteiger charge is -2.37. The van der Waals surface area contributed by atoms with E-state index in [9.17, 15) is 4.79 Å². The zero-order valence-electron chi connectivity index (χ0n) is 16.3. The number of carbonyl (C=O) groups is 1. The number of rotatable bonds is 4. The van der Waals surface area contributed by atoms with Gasteiger partial charge in [0.2, 0.25) is 5.91 Å². The Balaban J connectivity index is 1.33. The lowest BCUT2D eigenvalue weighted by molar-refractivity contribution is -0.132. The minimum absolute atomic E-state index is 0.0450. The number of hydrogen-bond donors (Lipinski definition) is 0. The Labute approximate surface area is 161 Å². The van der Waals surface area contributed by atoms with Crippen LogP contribution in [0.5, 0.6) is 0 Å². The van der Waals surface area contributed by atoms with Gasteiger partial charge in [0.1, 0.15) is 5.82 Å². The number of nitrogens with zero attached hydrogens (tertiary/aromatic N) is 4. The second kappa shape index (κ2) is 7.69. The quantitative estimate of drug-likeness (QED) is 0.836. The van der Waals surface area contributed by atoms with Gasteiger partial charge in [0, 0.05) is 45.5 Å². The maximum absolute atomic E-state index is 12.9. The highest BCUT2D eigenvalue weighted by Gasteiger charge is 2.37. The molecule has 0 N–H and O–H groups in total. The van der Waals surface area contributed by atoms with Gasteiger partial charge in [-0.15, -0.1) is 0 Å². The SMILES string of the molecule is Cc1ccc(CN2CCC(N3CCN(c4ccc(C)cn4)CC3)C2=O)cc1. The standard InChI is InChI=1S/C22H28N4O/c1-17-3-6-19(7-4-17)16-26-10-9-20(22(26)27)24-11-13-25(14-12-24)21-8-5-18(2)15-23-21/h3-8,15,20H,9-14,16H2,1-2H3. The summed E-state index contributed by atoms with van der Waals surface area (Å²) in [7, 11) is 0. The van der Waals surface area contributed by atoms with Gasteiger partial charge in [0.25, 0.3) is 0 Å². The normalized spacial score (nSPS) is 21.1. The Bertz CT molecular complexity index is 779. The molecule has 27 heavy (non-hydrogen) atoms. The minimum atomic E-state index is 0.0450. The van der Waals surface area contributed by atoms with Crippen LogP contribution in [-0.2, 0) is 11.3 Å². The molecule has 5 heteroatoms. The number of carbonyl (C=O) groups excluding carboxylic acids is 1. The van der Waals surface area contributed by atoms with Crippen molar-refractivity contribution in [3.8, 4) is 0 Å². The number of aromatic nitrogens is 1. The average Bonchev–Trinajstić information content (AvgIpc) is 3.05. The van der Waals surface area contributed by atoms with E-state index in [-0.39, 0.29) is 11.9 Å². The van der Waals surface area contributed by atoms with E-state index in [1.165, 1.54) is 16.7 Å². The van der Waals surface area contributed by atoms with Gasteiger partial charge >= 0.3 is 0 Å². The molecule has 2 aliphatic heterocycles. The smallest absolute Gasteiger partial charge is 0.240 e. The molecule has 2 fully saturated rings. The van der Waals surface area contributed by atoms with Crippen LogP contribution in [-0.4, -0.2) is 59.5 Å². The number of likely N-dealkylation sites (tertiary alicyclic amines) is 1. The number of hydrogen-bond acceptors (Lipinski definition) is 4. The summed E-state index contributed by atoms with van der Waals surface area (Å²) in [5.74, 6) is 1.33. The molecular weight excluding hydrogens is 336 g/mol. The van der Waals surface area contributed by atoms with Gasteiger partial charge in [-0.05, 0) is 37.5 Å². The molecular formula is C22H28N4O. The molecule has 2 aromatic rings. The van der Waals surface area contributed by atoms with Crippen molar-refractivity contribution in [3.05, 3.63) is 59.3 Å². The summed E-state index contributed by atoms with van der Waals surface area (Å²) < 4.78 is 0. The van der Waals surface area contributed by atoms with Crippen molar-refractivity contribution in [1.29, 1.82) is 0 Å². The summed E-state index contributed by atoms with van der Waals surface area (Å²) in [5.41, 5.74) is 3.65. The van der Waals surface area contributed by atoms with E-state index in [1.54, 1.807) is 0 Å². The molecule has 0 saturated carbocycles. The molecule has 2 aliphatic rings. The van der Waals surface area contributed by atoms with Crippen molar-refractivity contribution in [2.45, 2.75) is 32.9 Å². The Morgan fingerprint density at radius 1 is 0.926 bits per heavy atom. The van der Waals surface area contributed by atoms with Crippen molar-refractivity contribution in [3.63, 3.8) is 0 Å². The van der Waals surface area contributed by atoms with Gasteiger partial charge in [-0.25, -0.2) is 4.98 Å². The molecule has 1 amide bonds. The summed E-state index contributed by atoms with van der Waals surface area (Å²) in [6.07, 6.45) is 2.86. The monoisotopic (exact) mass is 364 g/mol. The third kappa shape index (κ3) is 3.98. The van der Waals surface area contributed by atoms with Crippen LogP contribution in [0.2, 0.25) is 0 Å². The van der Waals surface area contributed by atoms with E-state index in [0.717, 1.165) is 51.5 Å². The first kappa shape index (κ1) is 18.0. The van der Waals surface area contributed by atoms with Crippen molar-refractivity contribution in [2.75, 3.05) is 37.6 Å². The summed E-state index contributed by atoms with van der Waals surface area (Å²) in [4.78, 5) is 24.2. The van der Waals surface area contributed by atoms with Gasteiger partial charge in [-0.2, -0.15) is 0 Å². The molecule has 1 aromatic heterocycles. The van der Waals surface area contributed by atoms with Crippen LogP contribution < -0.4 is 4.90 Å². The number of piperazine rings is 1. The van der Waals surface area contributed by atoms with E-state index in [4.69, 9.17) is 0 Å². The van der Waals surface area contributed by atoms with E-state index < -0.39 is 0 Å². The number of amides is 1. The lowest BCUT2D eigenvalue weighted by Crippen LogP contribution is -2.52. The van der Waals surface area contributed by atoms with Crippen LogP contribution >= 0.6 is 0 Å². The molecule has 0 bridgehead atoms. The fourth-order valence-electron chi connectivity index (χ4n) is 4.04. The average molecular weight is 364 g/mol. The van der Waals surface area contributed by atoms with Gasteiger partial charge in [0.15, 0.2) is 0 Å². The molecule has 4 rings (SSSR count). The molecule has 142 valence electrons. The van der Waals surface area contributed by atoms with Crippen molar-refractivity contribution in [1.82, 2.24) is 14.8 Å². The summed E-state index contributed by atoms with van der Waals surface area (Å²) in [6.45, 7) is 9.43. The maximum atomic E-state index is 12.9. The van der Waals surface area contributed by atoms with Crippen LogP contribution in [0, 0.1) is 13.8 Å². The van der Waals surface area contributed by atoms with E-state index in [2.05, 4.69) is 65.0 Å². The third-order valence-electron chi connectivity index (χ3n) is 5.74. The first-order chi connectivity index (χ1) is 13.1. The highest BCUT2D eigenvalue weighted by Crippen LogP contribution is 2.22. The van der Waals surface area contributed by atoms with Crippen molar-refractivity contribution >= 4 is 11.7 Å². The van der Waals surface area contributed by atoms with Crippen LogP contribution in [0.15, 0.2) is 42.6 Å². The topological polar surface area (TPSA) is 39.7 Å². The van der Waals surface area contributed by atoms with Crippen LogP contribution in [0.4, 0.5) is 5.82 Å². The van der Waals surface area contributed by atoms with Gasteiger partial charge in [-0.3, -0.25) is 9.69 Å².